The highest BCUT2D eigenvalue weighted by molar-refractivity contribution is 6.03. The lowest BCUT2D eigenvalue weighted by Gasteiger charge is -2.21. The smallest absolute Gasteiger partial charge is 0.326 e. The first-order chi connectivity index (χ1) is 18.7. The highest BCUT2D eigenvalue weighted by Gasteiger charge is 2.36. The van der Waals surface area contributed by atoms with Crippen LogP contribution in [0.3, 0.4) is 0 Å². The average Bonchev–Trinajstić information content (AvgIpc) is 3.38. The number of anilines is 1. The molecule has 4 N–H and O–H groups in total. The van der Waals surface area contributed by atoms with Crippen LogP contribution in [0.5, 0.6) is 0 Å². The Morgan fingerprint density at radius 2 is 1.67 bits per heavy atom. The maximum Gasteiger partial charge on any atom is 0.435 e. The molecule has 0 bridgehead atoms. The van der Waals surface area contributed by atoms with Crippen LogP contribution in [0.2, 0.25) is 0 Å². The molecule has 6 nitrogen and oxygen atoms in total. The molecule has 39 heavy (non-hydrogen) atoms. The van der Waals surface area contributed by atoms with Crippen LogP contribution < -0.4 is 16.4 Å². The van der Waals surface area contributed by atoms with Crippen molar-refractivity contribution in [1.82, 2.24) is 15.1 Å². The van der Waals surface area contributed by atoms with Gasteiger partial charge in [-0.3, -0.25) is 4.79 Å². The molecule has 1 heterocycles. The number of rotatable bonds is 10. The van der Waals surface area contributed by atoms with E-state index in [2.05, 4.69) is 29.6 Å². The molecule has 0 saturated heterocycles. The molecule has 1 unspecified atom stereocenters. The molecule has 1 amide bonds. The molecule has 1 aromatic heterocycles. The summed E-state index contributed by atoms with van der Waals surface area (Å²) < 4.78 is 41.7. The Bertz CT molecular complexity index is 1400. The van der Waals surface area contributed by atoms with Crippen molar-refractivity contribution in [2.24, 2.45) is 11.7 Å². The molecule has 0 spiro atoms. The molecule has 0 aliphatic rings. The van der Waals surface area contributed by atoms with Crippen molar-refractivity contribution in [3.8, 4) is 5.69 Å². The van der Waals surface area contributed by atoms with E-state index in [9.17, 15) is 18.0 Å². The summed E-state index contributed by atoms with van der Waals surface area (Å²) in [6, 6.07) is 24.5. The van der Waals surface area contributed by atoms with Crippen LogP contribution in [0.4, 0.5) is 18.9 Å². The number of nitrogens with two attached hydrogens (primary N) is 1. The Morgan fingerprint density at radius 1 is 0.949 bits per heavy atom. The first kappa shape index (κ1) is 28.1. The van der Waals surface area contributed by atoms with Gasteiger partial charge in [-0.25, -0.2) is 4.68 Å². The van der Waals surface area contributed by atoms with Gasteiger partial charge in [-0.1, -0.05) is 68.4 Å². The number of aromatic nitrogens is 2. The Balaban J connectivity index is 1.65. The van der Waals surface area contributed by atoms with Gasteiger partial charge < -0.3 is 16.4 Å². The van der Waals surface area contributed by atoms with E-state index in [0.717, 1.165) is 34.8 Å². The first-order valence-electron chi connectivity index (χ1n) is 12.8. The van der Waals surface area contributed by atoms with Gasteiger partial charge in [0.25, 0.3) is 5.91 Å². The van der Waals surface area contributed by atoms with Crippen molar-refractivity contribution in [3.05, 3.63) is 113 Å². The second-order valence-corrected chi connectivity index (χ2v) is 9.76. The highest BCUT2D eigenvalue weighted by Crippen LogP contribution is 2.30. The van der Waals surface area contributed by atoms with Crippen LogP contribution in [0.1, 0.15) is 59.2 Å². The fraction of sp³-hybridized carbons (Fsp3) is 0.267. The SMILES string of the molecule is CC(C)CCNC(c1ccccc1)c1cccc(NC(=O)c2cc(C(F)(F)F)nn2-c2cccc(CN)c2)c1. The molecule has 0 radical (unpaired) electrons. The second-order valence-electron chi connectivity index (χ2n) is 9.76. The number of carbonyl (C=O) groups is 1. The van der Waals surface area contributed by atoms with Crippen LogP contribution in [0, 0.1) is 5.92 Å². The summed E-state index contributed by atoms with van der Waals surface area (Å²) in [6.07, 6.45) is -3.72. The van der Waals surface area contributed by atoms with Gasteiger partial charge in [0, 0.05) is 18.3 Å². The van der Waals surface area contributed by atoms with Crippen LogP contribution >= 0.6 is 0 Å². The topological polar surface area (TPSA) is 85.0 Å². The molecule has 4 rings (SSSR count). The number of hydrogen-bond donors (Lipinski definition) is 3. The summed E-state index contributed by atoms with van der Waals surface area (Å²) in [7, 11) is 0. The van der Waals surface area contributed by atoms with Gasteiger partial charge in [-0.05, 0) is 59.8 Å². The molecule has 204 valence electrons. The van der Waals surface area contributed by atoms with Crippen molar-refractivity contribution in [2.45, 2.75) is 39.0 Å². The number of nitrogens with one attached hydrogen (secondary N) is 2. The summed E-state index contributed by atoms with van der Waals surface area (Å²) in [6.45, 7) is 5.32. The number of alkyl halides is 3. The zero-order valence-corrected chi connectivity index (χ0v) is 21.9. The molecule has 0 fully saturated rings. The minimum absolute atomic E-state index is 0.122. The summed E-state index contributed by atoms with van der Waals surface area (Å²) in [5.74, 6) is -0.172. The van der Waals surface area contributed by atoms with Crippen molar-refractivity contribution in [2.75, 3.05) is 11.9 Å². The Kier molecular flexibility index (Phi) is 8.83. The van der Waals surface area contributed by atoms with Crippen molar-refractivity contribution in [1.29, 1.82) is 0 Å². The maximum absolute atomic E-state index is 13.6. The zero-order valence-electron chi connectivity index (χ0n) is 21.9. The highest BCUT2D eigenvalue weighted by atomic mass is 19.4. The summed E-state index contributed by atoms with van der Waals surface area (Å²) in [5, 5.41) is 10.1. The maximum atomic E-state index is 13.6. The van der Waals surface area contributed by atoms with E-state index in [0.29, 0.717) is 22.9 Å². The van der Waals surface area contributed by atoms with E-state index in [1.807, 2.05) is 48.5 Å². The standard InChI is InChI=1S/C30H32F3N5O/c1-20(2)14-15-35-28(22-9-4-3-5-10-22)23-11-7-12-24(17-23)36-29(39)26-18-27(30(31,32)33)37-38(26)25-13-6-8-21(16-25)19-34/h3-13,16-18,20,28,35H,14-15,19,34H2,1-2H3,(H,36,39). The minimum Gasteiger partial charge on any atom is -0.326 e. The number of amides is 1. The van der Waals surface area contributed by atoms with Crippen molar-refractivity contribution in [3.63, 3.8) is 0 Å². The normalized spacial score (nSPS) is 12.5. The van der Waals surface area contributed by atoms with Crippen LogP contribution in [0.25, 0.3) is 5.69 Å². The van der Waals surface area contributed by atoms with E-state index in [4.69, 9.17) is 5.73 Å². The summed E-state index contributed by atoms with van der Waals surface area (Å²) in [5.41, 5.74) is 7.77. The van der Waals surface area contributed by atoms with E-state index < -0.39 is 17.8 Å². The van der Waals surface area contributed by atoms with E-state index in [1.54, 1.807) is 30.3 Å². The third-order valence-electron chi connectivity index (χ3n) is 6.30. The van der Waals surface area contributed by atoms with Crippen LogP contribution in [0.15, 0.2) is 84.9 Å². The summed E-state index contributed by atoms with van der Waals surface area (Å²) in [4.78, 5) is 13.3. The zero-order chi connectivity index (χ0) is 28.0. The molecular weight excluding hydrogens is 503 g/mol. The number of halogens is 3. The van der Waals surface area contributed by atoms with Crippen molar-refractivity contribution < 1.29 is 18.0 Å². The lowest BCUT2D eigenvalue weighted by atomic mass is 9.97. The lowest BCUT2D eigenvalue weighted by Crippen LogP contribution is -2.24. The number of nitrogens with zero attached hydrogens (tertiary/aromatic N) is 2. The van der Waals surface area contributed by atoms with E-state index in [-0.39, 0.29) is 18.3 Å². The number of benzene rings is 3. The van der Waals surface area contributed by atoms with Gasteiger partial charge in [0.2, 0.25) is 0 Å². The van der Waals surface area contributed by atoms with Gasteiger partial charge in [0.1, 0.15) is 5.69 Å². The van der Waals surface area contributed by atoms with Gasteiger partial charge in [0.15, 0.2) is 5.69 Å². The Hall–Kier alpha value is -3.95. The third kappa shape index (κ3) is 7.13. The monoisotopic (exact) mass is 535 g/mol. The molecule has 0 saturated carbocycles. The van der Waals surface area contributed by atoms with Gasteiger partial charge >= 0.3 is 6.18 Å². The molecule has 0 aliphatic carbocycles. The van der Waals surface area contributed by atoms with E-state index >= 15 is 0 Å². The van der Waals surface area contributed by atoms with Crippen molar-refractivity contribution >= 4 is 11.6 Å². The summed E-state index contributed by atoms with van der Waals surface area (Å²) >= 11 is 0. The minimum atomic E-state index is -4.71. The second kappa shape index (κ2) is 12.3. The number of hydrogen-bond acceptors (Lipinski definition) is 4. The molecule has 4 aromatic rings. The first-order valence-corrected chi connectivity index (χ1v) is 12.8. The Labute approximate surface area is 226 Å². The third-order valence-corrected chi connectivity index (χ3v) is 6.30. The van der Waals surface area contributed by atoms with Gasteiger partial charge in [0.05, 0.1) is 11.7 Å². The lowest BCUT2D eigenvalue weighted by molar-refractivity contribution is -0.141. The predicted molar refractivity (Wildman–Crippen MR) is 147 cm³/mol. The molecular formula is C30H32F3N5O. The largest absolute Gasteiger partial charge is 0.435 e. The Morgan fingerprint density at radius 3 is 2.36 bits per heavy atom. The van der Waals surface area contributed by atoms with Crippen LogP contribution in [-0.2, 0) is 12.7 Å². The van der Waals surface area contributed by atoms with Gasteiger partial charge in [-0.2, -0.15) is 18.3 Å². The predicted octanol–water partition coefficient (Wildman–Crippen LogP) is 6.33. The van der Waals surface area contributed by atoms with Gasteiger partial charge in [-0.15, -0.1) is 0 Å². The van der Waals surface area contributed by atoms with Crippen LogP contribution in [-0.4, -0.2) is 22.2 Å². The molecule has 9 heteroatoms. The molecule has 0 aliphatic heterocycles. The molecule has 3 aromatic carbocycles. The quantitative estimate of drug-likeness (QED) is 0.222. The van der Waals surface area contributed by atoms with E-state index in [1.165, 1.54) is 0 Å². The average molecular weight is 536 g/mol. The molecule has 1 atom stereocenters. The fourth-order valence-corrected chi connectivity index (χ4v) is 4.27. The number of carbonyl (C=O) groups excluding carboxylic acids is 1. The fourth-order valence-electron chi connectivity index (χ4n) is 4.27.